The molecule has 5 aliphatic rings. The van der Waals surface area contributed by atoms with Crippen LogP contribution in [0.2, 0.25) is 0 Å². The Kier molecular flexibility index (Phi) is 3.31. The number of methoxy groups -OCH3 is 1. The lowest BCUT2D eigenvalue weighted by atomic mass is 9.59. The molecule has 24 heavy (non-hydrogen) atoms. The van der Waals surface area contributed by atoms with Crippen molar-refractivity contribution in [1.82, 2.24) is 4.90 Å². The Morgan fingerprint density at radius 3 is 3.00 bits per heavy atom. The molecule has 1 saturated carbocycles. The molecule has 0 N–H and O–H groups in total. The summed E-state index contributed by atoms with van der Waals surface area (Å²) in [6.45, 7) is 7.46. The van der Waals surface area contributed by atoms with Gasteiger partial charge in [-0.1, -0.05) is 20.3 Å². The first-order chi connectivity index (χ1) is 11.7. The van der Waals surface area contributed by atoms with Crippen molar-refractivity contribution in [1.29, 1.82) is 0 Å². The molecule has 4 bridgehead atoms. The number of benzene rings is 1. The van der Waals surface area contributed by atoms with Crippen molar-refractivity contribution in [2.45, 2.75) is 45.1 Å². The van der Waals surface area contributed by atoms with Crippen LogP contribution >= 0.6 is 0 Å². The molecule has 6 rings (SSSR count). The van der Waals surface area contributed by atoms with Gasteiger partial charge in [0.15, 0.2) is 0 Å². The maximum absolute atomic E-state index is 5.47. The van der Waals surface area contributed by atoms with Crippen molar-refractivity contribution >= 4 is 11.4 Å². The van der Waals surface area contributed by atoms with Crippen molar-refractivity contribution in [2.24, 2.45) is 28.7 Å². The number of ether oxygens (including phenoxy) is 1. The second kappa shape index (κ2) is 5.32. The molecule has 0 aromatic heterocycles. The number of hydrogen-bond donors (Lipinski definition) is 0. The highest BCUT2D eigenvalue weighted by Crippen LogP contribution is 2.54. The highest BCUT2D eigenvalue weighted by atomic mass is 16.5. The van der Waals surface area contributed by atoms with Gasteiger partial charge in [0, 0.05) is 30.1 Å². The quantitative estimate of drug-likeness (QED) is 0.812. The summed E-state index contributed by atoms with van der Waals surface area (Å²) in [5.74, 6) is 4.77. The molecule has 1 aliphatic carbocycles. The maximum atomic E-state index is 5.47. The summed E-state index contributed by atoms with van der Waals surface area (Å²) < 4.78 is 5.47. The third-order valence-electron chi connectivity index (χ3n) is 7.49. The lowest BCUT2D eigenvalue weighted by Crippen LogP contribution is -2.61. The van der Waals surface area contributed by atoms with Gasteiger partial charge in [0.05, 0.1) is 12.8 Å². The van der Waals surface area contributed by atoms with Crippen LogP contribution in [0, 0.1) is 23.7 Å². The summed E-state index contributed by atoms with van der Waals surface area (Å²) in [5.41, 5.74) is 4.11. The summed E-state index contributed by atoms with van der Waals surface area (Å²) in [6.07, 6.45) is 3.90. The van der Waals surface area contributed by atoms with Gasteiger partial charge in [-0.2, -0.15) is 0 Å². The molecular formula is C21H28N2O. The molecule has 4 unspecified atom stereocenters. The summed E-state index contributed by atoms with van der Waals surface area (Å²) >= 11 is 0. The van der Waals surface area contributed by atoms with Gasteiger partial charge in [0.25, 0.3) is 0 Å². The summed E-state index contributed by atoms with van der Waals surface area (Å²) in [7, 11) is 1.76. The van der Waals surface area contributed by atoms with Gasteiger partial charge in [0.1, 0.15) is 5.75 Å². The van der Waals surface area contributed by atoms with Gasteiger partial charge in [-0.15, -0.1) is 0 Å². The van der Waals surface area contributed by atoms with Crippen molar-refractivity contribution in [3.63, 3.8) is 0 Å². The van der Waals surface area contributed by atoms with E-state index >= 15 is 0 Å². The van der Waals surface area contributed by atoms with E-state index < -0.39 is 0 Å². The topological polar surface area (TPSA) is 24.8 Å². The van der Waals surface area contributed by atoms with Crippen LogP contribution in [-0.2, 0) is 0 Å². The molecule has 7 atom stereocenters. The standard InChI is InChI=1S/C21H28N2O/c1-4-15-12(2)13-9-18-20-16(7-8-23(11-13)21(15)18)17-10-14(24-3)5-6-19(17)22-20/h5-6,10,12-13,15-16,18,21H,4,7-9,11H2,1-3H3/t12-,13-,15?,16?,18-,21?/m0/s1. The average molecular weight is 324 g/mol. The number of aliphatic imine (C=N–C) groups is 1. The van der Waals surface area contributed by atoms with E-state index in [4.69, 9.17) is 9.73 Å². The van der Waals surface area contributed by atoms with Crippen molar-refractivity contribution in [2.75, 3.05) is 20.2 Å². The molecule has 4 aliphatic heterocycles. The predicted molar refractivity (Wildman–Crippen MR) is 97.4 cm³/mol. The Morgan fingerprint density at radius 2 is 2.21 bits per heavy atom. The minimum atomic E-state index is 0.525. The number of hydrogen-bond acceptors (Lipinski definition) is 3. The zero-order chi connectivity index (χ0) is 16.4. The second-order valence-corrected chi connectivity index (χ2v) is 8.32. The molecule has 128 valence electrons. The van der Waals surface area contributed by atoms with Crippen LogP contribution in [0.1, 0.15) is 44.6 Å². The molecule has 3 heteroatoms. The zero-order valence-electron chi connectivity index (χ0n) is 15.0. The summed E-state index contributed by atoms with van der Waals surface area (Å²) in [5, 5.41) is 0. The molecule has 3 saturated heterocycles. The predicted octanol–water partition coefficient (Wildman–Crippen LogP) is 4.25. The van der Waals surface area contributed by atoms with Gasteiger partial charge in [-0.05, 0) is 60.9 Å². The summed E-state index contributed by atoms with van der Waals surface area (Å²) in [4.78, 5) is 8.00. The third-order valence-corrected chi connectivity index (χ3v) is 7.49. The number of fused-ring (bicyclic) bond motifs is 4. The van der Waals surface area contributed by atoms with E-state index in [0.29, 0.717) is 11.8 Å². The average Bonchev–Trinajstić information content (AvgIpc) is 2.93. The summed E-state index contributed by atoms with van der Waals surface area (Å²) in [6, 6.07) is 7.19. The Bertz CT molecular complexity index is 697. The Morgan fingerprint density at radius 1 is 1.33 bits per heavy atom. The van der Waals surface area contributed by atoms with E-state index in [1.165, 1.54) is 49.3 Å². The van der Waals surface area contributed by atoms with E-state index in [2.05, 4.69) is 36.9 Å². The van der Waals surface area contributed by atoms with Gasteiger partial charge >= 0.3 is 0 Å². The highest BCUT2D eigenvalue weighted by molar-refractivity contribution is 6.00. The molecular weight excluding hydrogens is 296 g/mol. The number of rotatable bonds is 2. The van der Waals surface area contributed by atoms with E-state index in [-0.39, 0.29) is 0 Å². The van der Waals surface area contributed by atoms with Crippen LogP contribution in [0.5, 0.6) is 5.75 Å². The first-order valence-electron chi connectivity index (χ1n) is 9.71. The Hall–Kier alpha value is -1.35. The largest absolute Gasteiger partial charge is 0.497 e. The SMILES string of the molecule is CCC1C2[C@H]3C[C@@H](CN2CCC2C3=Nc3ccc(OC)cc32)[C@@H]1C. The number of piperidine rings is 2. The van der Waals surface area contributed by atoms with E-state index in [1.54, 1.807) is 7.11 Å². The third kappa shape index (κ3) is 1.91. The monoisotopic (exact) mass is 324 g/mol. The van der Waals surface area contributed by atoms with E-state index in [9.17, 15) is 0 Å². The van der Waals surface area contributed by atoms with Crippen molar-refractivity contribution in [3.8, 4) is 5.75 Å². The minimum absolute atomic E-state index is 0.525. The maximum Gasteiger partial charge on any atom is 0.119 e. The van der Waals surface area contributed by atoms with Gasteiger partial charge < -0.3 is 4.74 Å². The Balaban J connectivity index is 1.56. The molecule has 1 aromatic rings. The molecule has 4 fully saturated rings. The van der Waals surface area contributed by atoms with Gasteiger partial charge in [-0.3, -0.25) is 9.89 Å². The van der Waals surface area contributed by atoms with Crippen LogP contribution in [-0.4, -0.2) is 36.9 Å². The van der Waals surface area contributed by atoms with Crippen molar-refractivity contribution < 1.29 is 4.74 Å². The smallest absolute Gasteiger partial charge is 0.119 e. The lowest BCUT2D eigenvalue weighted by molar-refractivity contribution is -0.0575. The fraction of sp³-hybridized carbons (Fsp3) is 0.667. The van der Waals surface area contributed by atoms with Gasteiger partial charge in [0.2, 0.25) is 0 Å². The Labute approximate surface area is 145 Å². The van der Waals surface area contributed by atoms with Gasteiger partial charge in [-0.25, -0.2) is 0 Å². The van der Waals surface area contributed by atoms with Crippen molar-refractivity contribution in [3.05, 3.63) is 23.8 Å². The van der Waals surface area contributed by atoms with Crippen LogP contribution in [0.15, 0.2) is 23.2 Å². The normalized spacial score (nSPS) is 42.1. The fourth-order valence-corrected chi connectivity index (χ4v) is 6.33. The molecule has 3 nitrogen and oxygen atoms in total. The second-order valence-electron chi connectivity index (χ2n) is 8.32. The lowest BCUT2D eigenvalue weighted by Gasteiger charge is -2.56. The van der Waals surface area contributed by atoms with Crippen LogP contribution in [0.4, 0.5) is 5.69 Å². The van der Waals surface area contributed by atoms with E-state index in [1.807, 2.05) is 0 Å². The molecule has 4 heterocycles. The molecule has 0 radical (unpaired) electrons. The fourth-order valence-electron chi connectivity index (χ4n) is 6.33. The number of nitrogens with zero attached hydrogens (tertiary/aromatic N) is 2. The first-order valence-corrected chi connectivity index (χ1v) is 9.71. The van der Waals surface area contributed by atoms with Crippen LogP contribution in [0.25, 0.3) is 0 Å². The minimum Gasteiger partial charge on any atom is -0.497 e. The molecule has 0 amide bonds. The van der Waals surface area contributed by atoms with E-state index in [0.717, 1.165) is 29.5 Å². The van der Waals surface area contributed by atoms with Crippen LogP contribution in [0.3, 0.4) is 0 Å². The first kappa shape index (κ1) is 14.9. The molecule has 0 spiro atoms. The molecule has 1 aromatic carbocycles. The highest BCUT2D eigenvalue weighted by Gasteiger charge is 2.54. The zero-order valence-corrected chi connectivity index (χ0v) is 15.0. The van der Waals surface area contributed by atoms with Crippen LogP contribution < -0.4 is 4.74 Å².